The molecular formula is C23H27FN4OS. The summed E-state index contributed by atoms with van der Waals surface area (Å²) in [7, 11) is 0. The van der Waals surface area contributed by atoms with Crippen molar-refractivity contribution in [2.24, 2.45) is 0 Å². The van der Waals surface area contributed by atoms with E-state index in [9.17, 15) is 9.18 Å². The van der Waals surface area contributed by atoms with Gasteiger partial charge in [-0.3, -0.25) is 4.79 Å². The maximum Gasteiger partial charge on any atom is 0.222 e. The van der Waals surface area contributed by atoms with Gasteiger partial charge in [-0.1, -0.05) is 42.5 Å². The van der Waals surface area contributed by atoms with E-state index in [1.54, 1.807) is 12.1 Å². The van der Waals surface area contributed by atoms with E-state index in [-0.39, 0.29) is 23.8 Å². The standard InChI is InChI=1S/C23H27FN4OS/c1-16(2)28(14-13-22(29)25-17(3)19-7-5-4-6-8-19)23-26-21(27-30-23)15-18-9-11-20(24)12-10-18/h4-12,16-17H,13-15H2,1-3H3,(H,25,29)/t17-/m1/s1. The van der Waals surface area contributed by atoms with Crippen molar-refractivity contribution in [3.05, 3.63) is 77.4 Å². The fourth-order valence-electron chi connectivity index (χ4n) is 3.15. The third kappa shape index (κ3) is 6.10. The lowest BCUT2D eigenvalue weighted by molar-refractivity contribution is -0.121. The largest absolute Gasteiger partial charge is 0.350 e. The molecular weight excluding hydrogens is 399 g/mol. The first-order valence-corrected chi connectivity index (χ1v) is 10.9. The van der Waals surface area contributed by atoms with Gasteiger partial charge in [-0.25, -0.2) is 9.37 Å². The van der Waals surface area contributed by atoms with Gasteiger partial charge in [0.25, 0.3) is 0 Å². The highest BCUT2D eigenvalue weighted by Gasteiger charge is 2.18. The Morgan fingerprint density at radius 1 is 1.10 bits per heavy atom. The molecule has 1 N–H and O–H groups in total. The number of carbonyl (C=O) groups is 1. The summed E-state index contributed by atoms with van der Waals surface area (Å²) in [6.45, 7) is 6.70. The SMILES string of the molecule is CC(C)N(CCC(=O)N[C@H](C)c1ccccc1)c1nc(Cc2ccc(F)cc2)ns1. The molecule has 2 aromatic carbocycles. The lowest BCUT2D eigenvalue weighted by atomic mass is 10.1. The number of benzene rings is 2. The van der Waals surface area contributed by atoms with Crippen molar-refractivity contribution in [3.63, 3.8) is 0 Å². The molecule has 1 amide bonds. The molecule has 1 atom stereocenters. The molecule has 0 spiro atoms. The average molecular weight is 427 g/mol. The smallest absolute Gasteiger partial charge is 0.222 e. The van der Waals surface area contributed by atoms with Crippen molar-refractivity contribution in [3.8, 4) is 0 Å². The minimum atomic E-state index is -0.253. The van der Waals surface area contributed by atoms with Gasteiger partial charge in [-0.15, -0.1) is 0 Å². The third-order valence-corrected chi connectivity index (χ3v) is 5.65. The highest BCUT2D eigenvalue weighted by molar-refractivity contribution is 7.09. The third-order valence-electron chi connectivity index (χ3n) is 4.86. The monoisotopic (exact) mass is 426 g/mol. The molecule has 0 aliphatic rings. The van der Waals surface area contributed by atoms with Crippen LogP contribution in [0.4, 0.5) is 9.52 Å². The average Bonchev–Trinajstić information content (AvgIpc) is 3.18. The van der Waals surface area contributed by atoms with Crippen LogP contribution in [-0.2, 0) is 11.2 Å². The summed E-state index contributed by atoms with van der Waals surface area (Å²) in [6.07, 6.45) is 0.931. The van der Waals surface area contributed by atoms with E-state index in [0.717, 1.165) is 16.3 Å². The summed E-state index contributed by atoms with van der Waals surface area (Å²) >= 11 is 1.33. The van der Waals surface area contributed by atoms with E-state index in [1.165, 1.54) is 23.7 Å². The Morgan fingerprint density at radius 3 is 2.47 bits per heavy atom. The first kappa shape index (κ1) is 21.9. The Hall–Kier alpha value is -2.80. The molecule has 1 heterocycles. The van der Waals surface area contributed by atoms with Crippen LogP contribution in [-0.4, -0.2) is 27.9 Å². The normalized spacial score (nSPS) is 12.0. The van der Waals surface area contributed by atoms with Crippen LogP contribution in [0.15, 0.2) is 54.6 Å². The number of aromatic nitrogens is 2. The lowest BCUT2D eigenvalue weighted by Gasteiger charge is -2.25. The second-order valence-corrected chi connectivity index (χ2v) is 8.26. The van der Waals surface area contributed by atoms with Gasteiger partial charge in [0.05, 0.1) is 6.04 Å². The molecule has 0 saturated heterocycles. The van der Waals surface area contributed by atoms with Gasteiger partial charge < -0.3 is 10.2 Å². The quantitative estimate of drug-likeness (QED) is 0.536. The number of anilines is 1. The Morgan fingerprint density at radius 2 is 1.80 bits per heavy atom. The van der Waals surface area contributed by atoms with Crippen molar-refractivity contribution in [1.29, 1.82) is 0 Å². The molecule has 0 saturated carbocycles. The van der Waals surface area contributed by atoms with Crippen LogP contribution in [0.25, 0.3) is 0 Å². The fourth-order valence-corrected chi connectivity index (χ4v) is 4.00. The second-order valence-electron chi connectivity index (χ2n) is 7.53. The molecule has 0 aliphatic carbocycles. The first-order chi connectivity index (χ1) is 14.4. The number of amides is 1. The number of halogens is 1. The minimum Gasteiger partial charge on any atom is -0.350 e. The molecule has 3 rings (SSSR count). The maximum absolute atomic E-state index is 13.1. The molecule has 30 heavy (non-hydrogen) atoms. The summed E-state index contributed by atoms with van der Waals surface area (Å²) in [6, 6.07) is 16.5. The summed E-state index contributed by atoms with van der Waals surface area (Å²) < 4.78 is 17.5. The summed E-state index contributed by atoms with van der Waals surface area (Å²) in [4.78, 5) is 19.2. The fraction of sp³-hybridized carbons (Fsp3) is 0.348. The van der Waals surface area contributed by atoms with Gasteiger partial charge >= 0.3 is 0 Å². The van der Waals surface area contributed by atoms with Crippen LogP contribution < -0.4 is 10.2 Å². The second kappa shape index (κ2) is 10.3. The maximum atomic E-state index is 13.1. The van der Waals surface area contributed by atoms with Crippen LogP contribution >= 0.6 is 11.5 Å². The molecule has 0 fully saturated rings. The zero-order valence-electron chi connectivity index (χ0n) is 17.5. The number of carbonyl (C=O) groups excluding carboxylic acids is 1. The van der Waals surface area contributed by atoms with Crippen molar-refractivity contribution in [2.75, 3.05) is 11.4 Å². The molecule has 0 bridgehead atoms. The number of nitrogens with one attached hydrogen (secondary N) is 1. The lowest BCUT2D eigenvalue weighted by Crippen LogP contribution is -2.36. The van der Waals surface area contributed by atoms with Crippen molar-refractivity contribution < 1.29 is 9.18 Å². The molecule has 5 nitrogen and oxygen atoms in total. The van der Waals surface area contributed by atoms with Crippen LogP contribution in [0.3, 0.4) is 0 Å². The zero-order valence-corrected chi connectivity index (χ0v) is 18.3. The van der Waals surface area contributed by atoms with Crippen molar-refractivity contribution >= 4 is 22.6 Å². The molecule has 158 valence electrons. The van der Waals surface area contributed by atoms with Crippen LogP contribution in [0.5, 0.6) is 0 Å². The van der Waals surface area contributed by atoms with Gasteiger partial charge in [0, 0.05) is 37.0 Å². The number of hydrogen-bond acceptors (Lipinski definition) is 5. The minimum absolute atomic E-state index is 0.00746. The molecule has 1 aromatic heterocycles. The van der Waals surface area contributed by atoms with E-state index in [1.807, 2.05) is 37.3 Å². The molecule has 0 aliphatic heterocycles. The Labute approximate surface area is 181 Å². The molecule has 7 heteroatoms. The van der Waals surface area contributed by atoms with Crippen LogP contribution in [0.2, 0.25) is 0 Å². The van der Waals surface area contributed by atoms with Gasteiger partial charge in [0.1, 0.15) is 11.6 Å². The molecule has 0 radical (unpaired) electrons. The van der Waals surface area contributed by atoms with E-state index < -0.39 is 0 Å². The number of hydrogen-bond donors (Lipinski definition) is 1. The van der Waals surface area contributed by atoms with E-state index in [0.29, 0.717) is 25.2 Å². The summed E-state index contributed by atoms with van der Waals surface area (Å²) in [5.41, 5.74) is 2.05. The zero-order chi connectivity index (χ0) is 21.5. The predicted molar refractivity (Wildman–Crippen MR) is 119 cm³/mol. The van der Waals surface area contributed by atoms with Gasteiger partial charge in [0.15, 0.2) is 0 Å². The van der Waals surface area contributed by atoms with Gasteiger partial charge in [-0.05, 0) is 44.0 Å². The highest BCUT2D eigenvalue weighted by Crippen LogP contribution is 2.22. The van der Waals surface area contributed by atoms with E-state index in [2.05, 4.69) is 33.4 Å². The van der Waals surface area contributed by atoms with Crippen LogP contribution in [0.1, 0.15) is 50.2 Å². The summed E-state index contributed by atoms with van der Waals surface area (Å²) in [5, 5.41) is 3.85. The number of nitrogens with zero attached hydrogens (tertiary/aromatic N) is 3. The van der Waals surface area contributed by atoms with E-state index in [4.69, 9.17) is 0 Å². The van der Waals surface area contributed by atoms with Crippen LogP contribution in [0, 0.1) is 5.82 Å². The van der Waals surface area contributed by atoms with Gasteiger partial charge in [-0.2, -0.15) is 4.37 Å². The van der Waals surface area contributed by atoms with Gasteiger partial charge in [0.2, 0.25) is 11.0 Å². The van der Waals surface area contributed by atoms with Crippen molar-refractivity contribution in [2.45, 2.75) is 45.7 Å². The number of rotatable bonds is 9. The molecule has 0 unspecified atom stereocenters. The first-order valence-electron chi connectivity index (χ1n) is 10.1. The Balaban J connectivity index is 1.57. The topological polar surface area (TPSA) is 58.1 Å². The Bertz CT molecular complexity index is 943. The predicted octanol–water partition coefficient (Wildman–Crippen LogP) is 4.75. The van der Waals surface area contributed by atoms with Crippen molar-refractivity contribution in [1.82, 2.24) is 14.7 Å². The van der Waals surface area contributed by atoms with E-state index >= 15 is 0 Å². The highest BCUT2D eigenvalue weighted by atomic mass is 32.1. The summed E-state index contributed by atoms with van der Waals surface area (Å²) in [5.74, 6) is 0.457. The molecule has 3 aromatic rings. The Kier molecular flexibility index (Phi) is 7.52.